The Morgan fingerprint density at radius 3 is 2.95 bits per heavy atom. The smallest absolute Gasteiger partial charge is 0.261 e. The molecule has 0 spiro atoms. The number of rotatable bonds is 5. The van der Waals surface area contributed by atoms with Crippen LogP contribution in [0.1, 0.15) is 38.2 Å². The number of oxime groups is 1. The molecule has 2 atom stereocenters. The van der Waals surface area contributed by atoms with Gasteiger partial charge in [-0.1, -0.05) is 59.1 Å². The van der Waals surface area contributed by atoms with E-state index in [1.54, 1.807) is 6.21 Å². The fourth-order valence-corrected chi connectivity index (χ4v) is 2.94. The van der Waals surface area contributed by atoms with E-state index in [0.29, 0.717) is 5.92 Å². The van der Waals surface area contributed by atoms with Crippen LogP contribution >= 0.6 is 15.9 Å². The molecular formula is C16H21BrN2O2. The zero-order valence-electron chi connectivity index (χ0n) is 12.2. The third-order valence-electron chi connectivity index (χ3n) is 3.83. The van der Waals surface area contributed by atoms with Crippen molar-refractivity contribution in [3.63, 3.8) is 0 Å². The SMILES string of the molecule is C[C@@H]1CCCC[C@H]1NC(=O)CO/N=C\c1ccccc1Br. The van der Waals surface area contributed by atoms with Crippen molar-refractivity contribution in [2.75, 3.05) is 6.61 Å². The Labute approximate surface area is 134 Å². The molecule has 0 aliphatic heterocycles. The van der Waals surface area contributed by atoms with Gasteiger partial charge in [-0.3, -0.25) is 4.79 Å². The van der Waals surface area contributed by atoms with Gasteiger partial charge in [-0.05, 0) is 24.8 Å². The molecule has 1 amide bonds. The molecule has 0 unspecified atom stereocenters. The summed E-state index contributed by atoms with van der Waals surface area (Å²) in [6.07, 6.45) is 6.30. The number of hydrogen-bond acceptors (Lipinski definition) is 3. The average Bonchev–Trinajstić information content (AvgIpc) is 2.48. The summed E-state index contributed by atoms with van der Waals surface area (Å²) in [5, 5.41) is 6.87. The van der Waals surface area contributed by atoms with Gasteiger partial charge in [-0.2, -0.15) is 0 Å². The standard InChI is InChI=1S/C16H21BrN2O2/c1-12-6-2-5-9-15(12)19-16(20)11-21-18-10-13-7-3-4-8-14(13)17/h3-4,7-8,10,12,15H,2,5-6,9,11H2,1H3,(H,19,20)/b18-10-/t12-,15-/m1/s1. The van der Waals surface area contributed by atoms with Crippen LogP contribution in [0.4, 0.5) is 0 Å². The van der Waals surface area contributed by atoms with Crippen LogP contribution in [-0.2, 0) is 9.63 Å². The Kier molecular flexibility index (Phi) is 6.23. The zero-order valence-corrected chi connectivity index (χ0v) is 13.8. The van der Waals surface area contributed by atoms with Crippen LogP contribution in [0.2, 0.25) is 0 Å². The largest absolute Gasteiger partial charge is 0.386 e. The molecule has 4 nitrogen and oxygen atoms in total. The van der Waals surface area contributed by atoms with Gasteiger partial charge < -0.3 is 10.2 Å². The molecule has 1 aromatic rings. The summed E-state index contributed by atoms with van der Waals surface area (Å²) in [6.45, 7) is 2.15. The number of hydrogen-bond donors (Lipinski definition) is 1. The Hall–Kier alpha value is -1.36. The minimum absolute atomic E-state index is 0.0375. The zero-order chi connectivity index (χ0) is 15.1. The van der Waals surface area contributed by atoms with Crippen molar-refractivity contribution in [1.29, 1.82) is 0 Å². The highest BCUT2D eigenvalue weighted by Gasteiger charge is 2.22. The summed E-state index contributed by atoms with van der Waals surface area (Å²) in [7, 11) is 0. The van der Waals surface area contributed by atoms with E-state index in [1.807, 2.05) is 24.3 Å². The van der Waals surface area contributed by atoms with Crippen LogP contribution in [0, 0.1) is 5.92 Å². The van der Waals surface area contributed by atoms with Crippen LogP contribution in [0.25, 0.3) is 0 Å². The second-order valence-electron chi connectivity index (χ2n) is 5.47. The number of nitrogens with one attached hydrogen (secondary N) is 1. The van der Waals surface area contributed by atoms with Gasteiger partial charge in [0.2, 0.25) is 0 Å². The van der Waals surface area contributed by atoms with Gasteiger partial charge in [0.1, 0.15) is 0 Å². The van der Waals surface area contributed by atoms with Gasteiger partial charge in [0, 0.05) is 16.1 Å². The van der Waals surface area contributed by atoms with E-state index in [4.69, 9.17) is 4.84 Å². The van der Waals surface area contributed by atoms with Gasteiger partial charge in [-0.25, -0.2) is 0 Å². The minimum Gasteiger partial charge on any atom is -0.386 e. The molecule has 21 heavy (non-hydrogen) atoms. The number of benzene rings is 1. The molecule has 0 aromatic heterocycles. The molecule has 5 heteroatoms. The van der Waals surface area contributed by atoms with Gasteiger partial charge in [-0.15, -0.1) is 0 Å². The van der Waals surface area contributed by atoms with Gasteiger partial charge >= 0.3 is 0 Å². The predicted octanol–water partition coefficient (Wildman–Crippen LogP) is 3.49. The lowest BCUT2D eigenvalue weighted by atomic mass is 9.86. The molecule has 0 heterocycles. The molecule has 0 saturated heterocycles. The van der Waals surface area contributed by atoms with Crippen LogP contribution in [0.15, 0.2) is 33.9 Å². The second kappa shape index (κ2) is 8.17. The lowest BCUT2D eigenvalue weighted by Crippen LogP contribution is -2.42. The van der Waals surface area contributed by atoms with Crippen molar-refractivity contribution in [3.05, 3.63) is 34.3 Å². The number of amides is 1. The summed E-state index contributed by atoms with van der Waals surface area (Å²) in [5.74, 6) is 0.449. The number of halogens is 1. The second-order valence-corrected chi connectivity index (χ2v) is 6.32. The summed E-state index contributed by atoms with van der Waals surface area (Å²) in [4.78, 5) is 16.9. The molecule has 2 rings (SSSR count). The Morgan fingerprint density at radius 2 is 2.19 bits per heavy atom. The van der Waals surface area contributed by atoms with Gasteiger partial charge in [0.15, 0.2) is 6.61 Å². The average molecular weight is 353 g/mol. The predicted molar refractivity (Wildman–Crippen MR) is 87.3 cm³/mol. The Bertz CT molecular complexity index is 505. The van der Waals surface area contributed by atoms with Crippen molar-refractivity contribution in [3.8, 4) is 0 Å². The van der Waals surface area contributed by atoms with Crippen LogP contribution in [0.5, 0.6) is 0 Å². The first-order valence-electron chi connectivity index (χ1n) is 7.36. The third-order valence-corrected chi connectivity index (χ3v) is 4.55. The molecule has 0 bridgehead atoms. The monoisotopic (exact) mass is 352 g/mol. The minimum atomic E-state index is -0.0990. The highest BCUT2D eigenvalue weighted by molar-refractivity contribution is 9.10. The van der Waals surface area contributed by atoms with E-state index in [2.05, 4.69) is 33.3 Å². The van der Waals surface area contributed by atoms with E-state index in [1.165, 1.54) is 19.3 Å². The molecule has 1 saturated carbocycles. The normalized spacial score (nSPS) is 22.2. The maximum absolute atomic E-state index is 11.8. The first-order valence-corrected chi connectivity index (χ1v) is 8.15. The molecule has 1 fully saturated rings. The van der Waals surface area contributed by atoms with Gasteiger partial charge in [0.05, 0.1) is 6.21 Å². The van der Waals surface area contributed by atoms with E-state index in [9.17, 15) is 4.79 Å². The Balaban J connectivity index is 1.73. The summed E-state index contributed by atoms with van der Waals surface area (Å²) < 4.78 is 0.942. The van der Waals surface area contributed by atoms with Crippen molar-refractivity contribution < 1.29 is 9.63 Å². The first kappa shape index (κ1) is 16.0. The quantitative estimate of drug-likeness (QED) is 0.651. The molecule has 1 aromatic carbocycles. The lowest BCUT2D eigenvalue weighted by molar-refractivity contribution is -0.126. The van der Waals surface area contributed by atoms with E-state index in [0.717, 1.165) is 16.5 Å². The molecular weight excluding hydrogens is 332 g/mol. The first-order chi connectivity index (χ1) is 10.2. The maximum Gasteiger partial charge on any atom is 0.261 e. The maximum atomic E-state index is 11.8. The number of nitrogens with zero attached hydrogens (tertiary/aromatic N) is 1. The van der Waals surface area contributed by atoms with Crippen LogP contribution < -0.4 is 5.32 Å². The van der Waals surface area contributed by atoms with Crippen molar-refractivity contribution >= 4 is 28.1 Å². The molecule has 1 aliphatic carbocycles. The van der Waals surface area contributed by atoms with Crippen molar-refractivity contribution in [2.45, 2.75) is 38.6 Å². The summed E-state index contributed by atoms with van der Waals surface area (Å²) >= 11 is 3.42. The molecule has 1 N–H and O–H groups in total. The highest BCUT2D eigenvalue weighted by atomic mass is 79.9. The Morgan fingerprint density at radius 1 is 1.43 bits per heavy atom. The molecule has 114 valence electrons. The van der Waals surface area contributed by atoms with Crippen molar-refractivity contribution in [1.82, 2.24) is 5.32 Å². The third kappa shape index (κ3) is 5.16. The molecule has 0 radical (unpaired) electrons. The number of carbonyl (C=O) groups excluding carboxylic acids is 1. The van der Waals surface area contributed by atoms with Gasteiger partial charge in [0.25, 0.3) is 5.91 Å². The topological polar surface area (TPSA) is 50.7 Å². The van der Waals surface area contributed by atoms with Crippen LogP contribution in [-0.4, -0.2) is 24.8 Å². The van der Waals surface area contributed by atoms with Crippen molar-refractivity contribution in [2.24, 2.45) is 11.1 Å². The summed E-state index contributed by atoms with van der Waals surface area (Å²) in [5.41, 5.74) is 0.916. The van der Waals surface area contributed by atoms with Crippen LogP contribution in [0.3, 0.4) is 0 Å². The highest BCUT2D eigenvalue weighted by Crippen LogP contribution is 2.23. The fraction of sp³-hybridized carbons (Fsp3) is 0.500. The summed E-state index contributed by atoms with van der Waals surface area (Å²) in [6, 6.07) is 7.98. The molecule has 1 aliphatic rings. The fourth-order valence-electron chi connectivity index (χ4n) is 2.55. The van der Waals surface area contributed by atoms with E-state index < -0.39 is 0 Å². The number of carbonyl (C=O) groups is 1. The lowest BCUT2D eigenvalue weighted by Gasteiger charge is -2.29. The van der Waals surface area contributed by atoms with E-state index >= 15 is 0 Å². The van der Waals surface area contributed by atoms with E-state index in [-0.39, 0.29) is 18.6 Å².